The Morgan fingerprint density at radius 2 is 1.60 bits per heavy atom. The number of benzene rings is 3. The summed E-state index contributed by atoms with van der Waals surface area (Å²) in [6.07, 6.45) is -0.753. The Labute approximate surface area is 148 Å². The summed E-state index contributed by atoms with van der Waals surface area (Å²) in [6.45, 7) is 2.46. The molecule has 0 saturated carbocycles. The number of aliphatic hydroxyl groups is 1. The molecule has 0 fully saturated rings. The van der Waals surface area contributed by atoms with Crippen molar-refractivity contribution in [1.29, 1.82) is 0 Å². The highest BCUT2D eigenvalue weighted by Crippen LogP contribution is 2.33. The van der Waals surface area contributed by atoms with Crippen LogP contribution in [0.25, 0.3) is 0 Å². The SMILES string of the molecule is COc1ccc(C(O)c2cccc(C)c2OCc2ccccc2)cc1. The van der Waals surface area contributed by atoms with E-state index in [1.165, 1.54) is 0 Å². The first kappa shape index (κ1) is 17.1. The fraction of sp³-hybridized carbons (Fsp3) is 0.182. The van der Waals surface area contributed by atoms with Gasteiger partial charge in [-0.1, -0.05) is 60.7 Å². The second-order valence-electron chi connectivity index (χ2n) is 5.94. The Balaban J connectivity index is 1.86. The molecule has 0 spiro atoms. The number of ether oxygens (including phenoxy) is 2. The molecule has 0 bridgehead atoms. The van der Waals surface area contributed by atoms with E-state index in [-0.39, 0.29) is 0 Å². The van der Waals surface area contributed by atoms with Crippen molar-refractivity contribution in [3.8, 4) is 11.5 Å². The highest BCUT2D eigenvalue weighted by atomic mass is 16.5. The maximum Gasteiger partial charge on any atom is 0.128 e. The van der Waals surface area contributed by atoms with Crippen molar-refractivity contribution in [2.24, 2.45) is 0 Å². The molecule has 0 aromatic heterocycles. The molecule has 3 aromatic rings. The van der Waals surface area contributed by atoms with Gasteiger partial charge in [0.25, 0.3) is 0 Å². The highest BCUT2D eigenvalue weighted by molar-refractivity contribution is 5.46. The summed E-state index contributed by atoms with van der Waals surface area (Å²) >= 11 is 0. The zero-order valence-corrected chi connectivity index (χ0v) is 14.5. The summed E-state index contributed by atoms with van der Waals surface area (Å²) in [4.78, 5) is 0. The molecule has 0 aliphatic carbocycles. The third-order valence-electron chi connectivity index (χ3n) is 4.19. The van der Waals surface area contributed by atoms with Gasteiger partial charge in [0.05, 0.1) is 7.11 Å². The second-order valence-corrected chi connectivity index (χ2v) is 5.94. The van der Waals surface area contributed by atoms with Gasteiger partial charge in [0.15, 0.2) is 0 Å². The Bertz CT molecular complexity index is 810. The minimum atomic E-state index is -0.753. The standard InChI is InChI=1S/C22H22O3/c1-16-7-6-10-20(21(23)18-11-13-19(24-2)14-12-18)22(16)25-15-17-8-4-3-5-9-17/h3-14,21,23H,15H2,1-2H3. The minimum Gasteiger partial charge on any atom is -0.497 e. The van der Waals surface area contributed by atoms with E-state index >= 15 is 0 Å². The summed E-state index contributed by atoms with van der Waals surface area (Å²) < 4.78 is 11.2. The van der Waals surface area contributed by atoms with Crippen LogP contribution in [0, 0.1) is 6.92 Å². The molecule has 0 aliphatic heterocycles. The van der Waals surface area contributed by atoms with Crippen LogP contribution >= 0.6 is 0 Å². The topological polar surface area (TPSA) is 38.7 Å². The first-order valence-electron chi connectivity index (χ1n) is 8.27. The fourth-order valence-corrected chi connectivity index (χ4v) is 2.78. The van der Waals surface area contributed by atoms with Crippen molar-refractivity contribution >= 4 is 0 Å². The molecule has 1 unspecified atom stereocenters. The summed E-state index contributed by atoms with van der Waals surface area (Å²) in [6, 6.07) is 23.3. The number of para-hydroxylation sites is 1. The van der Waals surface area contributed by atoms with E-state index in [1.807, 2.05) is 79.7 Å². The van der Waals surface area contributed by atoms with Crippen LogP contribution in [-0.4, -0.2) is 12.2 Å². The van der Waals surface area contributed by atoms with Gasteiger partial charge >= 0.3 is 0 Å². The zero-order chi connectivity index (χ0) is 17.6. The van der Waals surface area contributed by atoms with Crippen LogP contribution in [0.2, 0.25) is 0 Å². The first-order chi connectivity index (χ1) is 12.2. The lowest BCUT2D eigenvalue weighted by atomic mass is 9.98. The number of aliphatic hydroxyl groups excluding tert-OH is 1. The van der Waals surface area contributed by atoms with E-state index in [0.29, 0.717) is 6.61 Å². The van der Waals surface area contributed by atoms with Gasteiger partial charge < -0.3 is 14.6 Å². The second kappa shape index (κ2) is 7.86. The van der Waals surface area contributed by atoms with Crippen molar-refractivity contribution in [2.45, 2.75) is 19.6 Å². The molecular weight excluding hydrogens is 312 g/mol. The lowest BCUT2D eigenvalue weighted by molar-refractivity contribution is 0.208. The lowest BCUT2D eigenvalue weighted by Crippen LogP contribution is -2.06. The van der Waals surface area contributed by atoms with Gasteiger partial charge in [-0.05, 0) is 35.7 Å². The Hall–Kier alpha value is -2.78. The normalized spacial score (nSPS) is 11.8. The Kier molecular flexibility index (Phi) is 5.36. The van der Waals surface area contributed by atoms with E-state index in [4.69, 9.17) is 9.47 Å². The van der Waals surface area contributed by atoms with Crippen molar-refractivity contribution in [1.82, 2.24) is 0 Å². The smallest absolute Gasteiger partial charge is 0.128 e. The molecule has 3 heteroatoms. The van der Waals surface area contributed by atoms with Crippen LogP contribution in [0.5, 0.6) is 11.5 Å². The molecule has 128 valence electrons. The van der Waals surface area contributed by atoms with E-state index in [0.717, 1.165) is 33.8 Å². The number of rotatable bonds is 6. The molecule has 0 heterocycles. The number of aryl methyl sites for hydroxylation is 1. The van der Waals surface area contributed by atoms with Gasteiger partial charge in [-0.2, -0.15) is 0 Å². The molecular formula is C22H22O3. The Morgan fingerprint density at radius 1 is 0.880 bits per heavy atom. The average Bonchev–Trinajstić information content (AvgIpc) is 2.67. The van der Waals surface area contributed by atoms with Crippen molar-refractivity contribution < 1.29 is 14.6 Å². The minimum absolute atomic E-state index is 0.466. The summed E-state index contributed by atoms with van der Waals surface area (Å²) in [5.74, 6) is 1.50. The fourth-order valence-electron chi connectivity index (χ4n) is 2.78. The molecule has 0 aliphatic rings. The van der Waals surface area contributed by atoms with Crippen LogP contribution in [-0.2, 0) is 6.61 Å². The molecule has 25 heavy (non-hydrogen) atoms. The largest absolute Gasteiger partial charge is 0.497 e. The molecule has 1 atom stereocenters. The van der Waals surface area contributed by atoms with Crippen molar-refractivity contribution in [3.05, 3.63) is 95.1 Å². The van der Waals surface area contributed by atoms with Crippen LogP contribution in [0.4, 0.5) is 0 Å². The van der Waals surface area contributed by atoms with Crippen LogP contribution in [0.1, 0.15) is 28.4 Å². The molecule has 0 amide bonds. The highest BCUT2D eigenvalue weighted by Gasteiger charge is 2.17. The van der Waals surface area contributed by atoms with Gasteiger partial charge in [-0.3, -0.25) is 0 Å². The predicted octanol–water partition coefficient (Wildman–Crippen LogP) is 4.66. The van der Waals surface area contributed by atoms with E-state index in [2.05, 4.69) is 0 Å². The van der Waals surface area contributed by atoms with E-state index in [1.54, 1.807) is 7.11 Å². The molecule has 1 N–H and O–H groups in total. The summed E-state index contributed by atoms with van der Waals surface area (Å²) in [5.41, 5.74) is 3.66. The summed E-state index contributed by atoms with van der Waals surface area (Å²) in [5, 5.41) is 10.8. The van der Waals surface area contributed by atoms with Gasteiger partial charge in [-0.15, -0.1) is 0 Å². The van der Waals surface area contributed by atoms with Crippen LogP contribution in [0.3, 0.4) is 0 Å². The third-order valence-corrected chi connectivity index (χ3v) is 4.19. The maximum absolute atomic E-state index is 10.8. The van der Waals surface area contributed by atoms with Crippen LogP contribution < -0.4 is 9.47 Å². The van der Waals surface area contributed by atoms with Gasteiger partial charge in [-0.25, -0.2) is 0 Å². The van der Waals surface area contributed by atoms with Gasteiger partial charge in [0.2, 0.25) is 0 Å². The number of methoxy groups -OCH3 is 1. The third kappa shape index (κ3) is 4.01. The van der Waals surface area contributed by atoms with E-state index < -0.39 is 6.10 Å². The van der Waals surface area contributed by atoms with Gasteiger partial charge in [0.1, 0.15) is 24.2 Å². The maximum atomic E-state index is 10.8. The van der Waals surface area contributed by atoms with E-state index in [9.17, 15) is 5.11 Å². The Morgan fingerprint density at radius 3 is 2.28 bits per heavy atom. The monoisotopic (exact) mass is 334 g/mol. The van der Waals surface area contributed by atoms with Crippen LogP contribution in [0.15, 0.2) is 72.8 Å². The zero-order valence-electron chi connectivity index (χ0n) is 14.5. The van der Waals surface area contributed by atoms with Crippen molar-refractivity contribution in [2.75, 3.05) is 7.11 Å². The average molecular weight is 334 g/mol. The number of hydrogen-bond acceptors (Lipinski definition) is 3. The summed E-state index contributed by atoms with van der Waals surface area (Å²) in [7, 11) is 1.63. The van der Waals surface area contributed by atoms with Gasteiger partial charge in [0, 0.05) is 5.56 Å². The molecule has 0 saturated heterocycles. The predicted molar refractivity (Wildman–Crippen MR) is 99.0 cm³/mol. The number of hydrogen-bond donors (Lipinski definition) is 1. The molecule has 3 nitrogen and oxygen atoms in total. The quantitative estimate of drug-likeness (QED) is 0.712. The first-order valence-corrected chi connectivity index (χ1v) is 8.27. The molecule has 3 rings (SSSR count). The lowest BCUT2D eigenvalue weighted by Gasteiger charge is -2.19. The molecule has 0 radical (unpaired) electrons. The molecule has 3 aromatic carbocycles. The van der Waals surface area contributed by atoms with Crippen molar-refractivity contribution in [3.63, 3.8) is 0 Å².